The van der Waals surface area contributed by atoms with Gasteiger partial charge < -0.3 is 10.3 Å². The molecule has 0 spiro atoms. The van der Waals surface area contributed by atoms with Gasteiger partial charge in [0.2, 0.25) is 0 Å². The van der Waals surface area contributed by atoms with Gasteiger partial charge in [0.05, 0.1) is 16.7 Å². The summed E-state index contributed by atoms with van der Waals surface area (Å²) in [6.07, 6.45) is 2.54. The van der Waals surface area contributed by atoms with Crippen molar-refractivity contribution in [2.24, 2.45) is 7.05 Å². The quantitative estimate of drug-likeness (QED) is 0.776. The van der Waals surface area contributed by atoms with Crippen molar-refractivity contribution in [3.05, 3.63) is 30.1 Å². The van der Waals surface area contributed by atoms with Crippen LogP contribution in [0.3, 0.4) is 0 Å². The minimum atomic E-state index is 0.649. The summed E-state index contributed by atoms with van der Waals surface area (Å²) in [7, 11) is 1.85. The van der Waals surface area contributed by atoms with Crippen molar-refractivity contribution < 1.29 is 0 Å². The van der Waals surface area contributed by atoms with Gasteiger partial charge in [-0.2, -0.15) is 5.10 Å². The minimum absolute atomic E-state index is 0.649. The lowest BCUT2D eigenvalue weighted by Crippen LogP contribution is -1.96. The first-order valence-electron chi connectivity index (χ1n) is 6.92. The summed E-state index contributed by atoms with van der Waals surface area (Å²) in [6.45, 7) is 2.08. The number of benzene rings is 1. The Morgan fingerprint density at radius 1 is 1.25 bits per heavy atom. The van der Waals surface area contributed by atoms with E-state index in [1.54, 1.807) is 4.68 Å². The lowest BCUT2D eigenvalue weighted by Gasteiger charge is -2.04. The maximum absolute atomic E-state index is 5.85. The highest BCUT2D eigenvalue weighted by atomic mass is 15.3. The standard InChI is InChI=1S/C15H17N5/c1-9-17-13-7-10(12-8-15(16)19(2)18-12)3-6-14(13)20(9)11-4-5-11/h3,6-8,11H,4-5,16H2,1-2H3. The highest BCUT2D eigenvalue weighted by Gasteiger charge is 2.26. The summed E-state index contributed by atoms with van der Waals surface area (Å²) in [5.41, 5.74) is 10.1. The third-order valence-corrected chi connectivity index (χ3v) is 3.99. The average molecular weight is 267 g/mol. The van der Waals surface area contributed by atoms with E-state index in [2.05, 4.69) is 39.8 Å². The summed E-state index contributed by atoms with van der Waals surface area (Å²) in [4.78, 5) is 4.69. The number of hydrogen-bond acceptors (Lipinski definition) is 3. The number of nitrogens with two attached hydrogens (primary N) is 1. The fourth-order valence-electron chi connectivity index (χ4n) is 2.79. The predicted molar refractivity (Wildman–Crippen MR) is 79.4 cm³/mol. The van der Waals surface area contributed by atoms with Crippen LogP contribution in [0.5, 0.6) is 0 Å². The molecular formula is C15H17N5. The molecule has 1 aliphatic rings. The van der Waals surface area contributed by atoms with Crippen molar-refractivity contribution >= 4 is 16.9 Å². The van der Waals surface area contributed by atoms with Gasteiger partial charge in [0, 0.05) is 24.7 Å². The Labute approximate surface area is 117 Å². The van der Waals surface area contributed by atoms with Gasteiger partial charge in [-0.25, -0.2) is 4.98 Å². The van der Waals surface area contributed by atoms with Crippen molar-refractivity contribution in [1.82, 2.24) is 19.3 Å². The number of aryl methyl sites for hydroxylation is 2. The molecule has 5 nitrogen and oxygen atoms in total. The number of anilines is 1. The van der Waals surface area contributed by atoms with E-state index in [4.69, 9.17) is 5.73 Å². The third-order valence-electron chi connectivity index (χ3n) is 3.99. The van der Waals surface area contributed by atoms with Crippen molar-refractivity contribution in [2.45, 2.75) is 25.8 Å². The van der Waals surface area contributed by atoms with Crippen LogP contribution in [-0.2, 0) is 7.05 Å². The molecule has 0 atom stereocenters. The van der Waals surface area contributed by atoms with Gasteiger partial charge in [-0.15, -0.1) is 0 Å². The highest BCUT2D eigenvalue weighted by molar-refractivity contribution is 5.82. The summed E-state index contributed by atoms with van der Waals surface area (Å²) in [5.74, 6) is 1.76. The minimum Gasteiger partial charge on any atom is -0.384 e. The summed E-state index contributed by atoms with van der Waals surface area (Å²) < 4.78 is 4.04. The van der Waals surface area contributed by atoms with E-state index in [9.17, 15) is 0 Å². The van der Waals surface area contributed by atoms with E-state index in [-0.39, 0.29) is 0 Å². The zero-order valence-corrected chi connectivity index (χ0v) is 11.7. The van der Waals surface area contributed by atoms with Gasteiger partial charge in [0.15, 0.2) is 0 Å². The second-order valence-corrected chi connectivity index (χ2v) is 5.54. The fraction of sp³-hybridized carbons (Fsp3) is 0.333. The summed E-state index contributed by atoms with van der Waals surface area (Å²) in [6, 6.07) is 8.89. The molecule has 0 radical (unpaired) electrons. The number of rotatable bonds is 2. The van der Waals surface area contributed by atoms with E-state index in [1.165, 1.54) is 18.4 Å². The Hall–Kier alpha value is -2.30. The first-order chi connectivity index (χ1) is 9.63. The highest BCUT2D eigenvalue weighted by Crippen LogP contribution is 2.39. The molecule has 1 aromatic carbocycles. The van der Waals surface area contributed by atoms with Crippen LogP contribution in [-0.4, -0.2) is 19.3 Å². The maximum Gasteiger partial charge on any atom is 0.121 e. The largest absolute Gasteiger partial charge is 0.384 e. The molecule has 0 amide bonds. The Kier molecular flexibility index (Phi) is 2.22. The van der Waals surface area contributed by atoms with E-state index >= 15 is 0 Å². The Morgan fingerprint density at radius 2 is 2.05 bits per heavy atom. The van der Waals surface area contributed by atoms with Gasteiger partial charge in [0.25, 0.3) is 0 Å². The second-order valence-electron chi connectivity index (χ2n) is 5.54. The predicted octanol–water partition coefficient (Wildman–Crippen LogP) is 2.66. The number of hydrogen-bond donors (Lipinski definition) is 1. The molecule has 0 saturated heterocycles. The molecule has 2 N–H and O–H groups in total. The molecular weight excluding hydrogens is 250 g/mol. The van der Waals surface area contributed by atoms with Gasteiger partial charge in [0.1, 0.15) is 11.6 Å². The van der Waals surface area contributed by atoms with Gasteiger partial charge >= 0.3 is 0 Å². The van der Waals surface area contributed by atoms with Crippen molar-refractivity contribution in [1.29, 1.82) is 0 Å². The lowest BCUT2D eigenvalue weighted by atomic mass is 10.1. The molecule has 20 heavy (non-hydrogen) atoms. The van der Waals surface area contributed by atoms with Crippen LogP contribution in [0.25, 0.3) is 22.3 Å². The fourth-order valence-corrected chi connectivity index (χ4v) is 2.79. The monoisotopic (exact) mass is 267 g/mol. The Balaban J connectivity index is 1.87. The zero-order valence-electron chi connectivity index (χ0n) is 11.7. The van der Waals surface area contributed by atoms with Crippen molar-refractivity contribution in [2.75, 3.05) is 5.73 Å². The molecule has 0 bridgehead atoms. The molecule has 0 aliphatic heterocycles. The molecule has 3 aromatic rings. The SMILES string of the molecule is Cc1nc2cc(-c3cc(N)n(C)n3)ccc2n1C1CC1. The van der Waals surface area contributed by atoms with Gasteiger partial charge in [-0.1, -0.05) is 6.07 Å². The molecule has 1 aliphatic carbocycles. The first kappa shape index (κ1) is 11.5. The van der Waals surface area contributed by atoms with Crippen LogP contribution in [0.1, 0.15) is 24.7 Å². The van der Waals surface area contributed by atoms with Crippen LogP contribution in [0, 0.1) is 6.92 Å². The van der Waals surface area contributed by atoms with Crippen LogP contribution < -0.4 is 5.73 Å². The number of fused-ring (bicyclic) bond motifs is 1. The molecule has 2 aromatic heterocycles. The molecule has 0 unspecified atom stereocenters. The molecule has 1 fully saturated rings. The third kappa shape index (κ3) is 1.62. The summed E-state index contributed by atoms with van der Waals surface area (Å²) in [5, 5.41) is 4.42. The molecule has 4 rings (SSSR count). The van der Waals surface area contributed by atoms with Gasteiger partial charge in [-0.05, 0) is 31.9 Å². The average Bonchev–Trinajstić information content (AvgIpc) is 3.11. The summed E-state index contributed by atoms with van der Waals surface area (Å²) >= 11 is 0. The van der Waals surface area contributed by atoms with Gasteiger partial charge in [-0.3, -0.25) is 4.68 Å². The van der Waals surface area contributed by atoms with E-state index in [1.807, 2.05) is 13.1 Å². The Morgan fingerprint density at radius 3 is 2.70 bits per heavy atom. The zero-order chi connectivity index (χ0) is 13.9. The van der Waals surface area contributed by atoms with E-state index in [0.29, 0.717) is 11.9 Å². The molecule has 1 saturated carbocycles. The number of nitrogens with zero attached hydrogens (tertiary/aromatic N) is 4. The van der Waals surface area contributed by atoms with E-state index < -0.39 is 0 Å². The van der Waals surface area contributed by atoms with Crippen molar-refractivity contribution in [3.63, 3.8) is 0 Å². The second kappa shape index (κ2) is 3.85. The molecule has 102 valence electrons. The molecule has 5 heteroatoms. The van der Waals surface area contributed by atoms with Crippen LogP contribution >= 0.6 is 0 Å². The first-order valence-corrected chi connectivity index (χ1v) is 6.92. The topological polar surface area (TPSA) is 61.7 Å². The van der Waals surface area contributed by atoms with E-state index in [0.717, 1.165) is 22.6 Å². The van der Waals surface area contributed by atoms with Crippen LogP contribution in [0.4, 0.5) is 5.82 Å². The normalized spacial score (nSPS) is 15.1. The number of aromatic nitrogens is 4. The Bertz CT molecular complexity index is 788. The number of nitrogen functional groups attached to an aromatic ring is 1. The smallest absolute Gasteiger partial charge is 0.121 e. The number of imidazole rings is 1. The lowest BCUT2D eigenvalue weighted by molar-refractivity contribution is 0.734. The van der Waals surface area contributed by atoms with Crippen LogP contribution in [0.15, 0.2) is 24.3 Å². The van der Waals surface area contributed by atoms with Crippen molar-refractivity contribution in [3.8, 4) is 11.3 Å². The molecule has 2 heterocycles. The van der Waals surface area contributed by atoms with Crippen LogP contribution in [0.2, 0.25) is 0 Å². The maximum atomic E-state index is 5.85.